The van der Waals surface area contributed by atoms with Gasteiger partial charge in [-0.3, -0.25) is 0 Å². The maximum absolute atomic E-state index is 14.2. The molecule has 4 rings (SSSR count). The van der Waals surface area contributed by atoms with Gasteiger partial charge in [0.1, 0.15) is 11.6 Å². The van der Waals surface area contributed by atoms with Gasteiger partial charge in [-0.25, -0.2) is 4.39 Å². The lowest BCUT2D eigenvalue weighted by atomic mass is 9.52. The minimum atomic E-state index is -0.587. The van der Waals surface area contributed by atoms with Crippen LogP contribution in [0.15, 0.2) is 47.0 Å². The van der Waals surface area contributed by atoms with Crippen LogP contribution in [0.3, 0.4) is 0 Å². The first-order chi connectivity index (χ1) is 10.8. The molecule has 0 aromatic carbocycles. The summed E-state index contributed by atoms with van der Waals surface area (Å²) in [6, 6.07) is -0.587. The lowest BCUT2D eigenvalue weighted by Crippen LogP contribution is -2.49. The predicted molar refractivity (Wildman–Crippen MR) is 87.1 cm³/mol. The number of hydrogen-bond acceptors (Lipinski definition) is 3. The summed E-state index contributed by atoms with van der Waals surface area (Å²) in [5.74, 6) is -0.0168. The van der Waals surface area contributed by atoms with Crippen LogP contribution in [0.5, 0.6) is 0 Å². The van der Waals surface area contributed by atoms with E-state index in [1.165, 1.54) is 0 Å². The van der Waals surface area contributed by atoms with E-state index >= 15 is 0 Å². The highest BCUT2D eigenvalue weighted by Gasteiger charge is 2.56. The minimum absolute atomic E-state index is 0.138. The quantitative estimate of drug-likeness (QED) is 0.601. The Bertz CT molecular complexity index is 691. The average Bonchev–Trinajstić information content (AvgIpc) is 2.73. The molecular weight excluding hydrogens is 293 g/mol. The molecule has 0 bridgehead atoms. The van der Waals surface area contributed by atoms with Gasteiger partial charge in [-0.2, -0.15) is 0 Å². The molecule has 0 saturated heterocycles. The topological polar surface area (TPSA) is 66.5 Å². The zero-order valence-corrected chi connectivity index (χ0v) is 13.6. The van der Waals surface area contributed by atoms with E-state index in [1.807, 2.05) is 13.0 Å². The summed E-state index contributed by atoms with van der Waals surface area (Å²) in [5.41, 5.74) is 7.53. The predicted octanol–water partition coefficient (Wildman–Crippen LogP) is 3.29. The van der Waals surface area contributed by atoms with Crippen molar-refractivity contribution < 1.29 is 14.6 Å². The Morgan fingerprint density at radius 2 is 2.09 bits per heavy atom. The molecule has 0 spiro atoms. The van der Waals surface area contributed by atoms with Gasteiger partial charge in [0.15, 0.2) is 0 Å². The van der Waals surface area contributed by atoms with Gasteiger partial charge in [0.05, 0.1) is 12.1 Å². The van der Waals surface area contributed by atoms with E-state index in [-0.39, 0.29) is 34.3 Å². The van der Waals surface area contributed by atoms with Gasteiger partial charge >= 0.3 is 0 Å². The standard InChI is InChI=1S/C19H24FNO2/c1-18-5-3-11(22)7-10(18)8-15(23)16-12(18)4-6-19(2)13(16)9-14(20)17(19)21/h3,5,8-9,11-13,17,22-23H,4,6-7,21H2,1-2H3/t11?,12-,13+,17?,18+,19+/m1/s1. The molecular formula is C19H24FNO2. The Kier molecular flexibility index (Phi) is 3.02. The van der Waals surface area contributed by atoms with Crippen LogP contribution in [0.1, 0.15) is 33.1 Å². The van der Waals surface area contributed by atoms with Crippen molar-refractivity contribution in [3.05, 3.63) is 47.0 Å². The van der Waals surface area contributed by atoms with Crippen LogP contribution in [0.2, 0.25) is 0 Å². The third-order valence-corrected chi connectivity index (χ3v) is 6.84. The van der Waals surface area contributed by atoms with Crippen molar-refractivity contribution in [2.75, 3.05) is 0 Å². The van der Waals surface area contributed by atoms with E-state index < -0.39 is 12.1 Å². The van der Waals surface area contributed by atoms with Gasteiger partial charge in [0, 0.05) is 11.3 Å². The monoisotopic (exact) mass is 317 g/mol. The van der Waals surface area contributed by atoms with E-state index in [9.17, 15) is 14.6 Å². The zero-order valence-electron chi connectivity index (χ0n) is 13.6. The van der Waals surface area contributed by atoms with Crippen molar-refractivity contribution in [1.82, 2.24) is 0 Å². The molecule has 6 atom stereocenters. The first-order valence-corrected chi connectivity index (χ1v) is 8.41. The Hall–Kier alpha value is -1.39. The summed E-state index contributed by atoms with van der Waals surface area (Å²) in [6.07, 6.45) is 9.09. The number of nitrogens with two attached hydrogens (primary N) is 1. The van der Waals surface area contributed by atoms with Crippen LogP contribution in [0.4, 0.5) is 4.39 Å². The van der Waals surface area contributed by atoms with Crippen molar-refractivity contribution in [2.45, 2.75) is 45.3 Å². The Morgan fingerprint density at radius 3 is 2.83 bits per heavy atom. The maximum atomic E-state index is 14.2. The van der Waals surface area contributed by atoms with E-state index in [2.05, 4.69) is 13.0 Å². The molecule has 4 heteroatoms. The largest absolute Gasteiger partial charge is 0.508 e. The molecule has 23 heavy (non-hydrogen) atoms. The Balaban J connectivity index is 1.86. The maximum Gasteiger partial charge on any atom is 0.115 e. The van der Waals surface area contributed by atoms with Crippen molar-refractivity contribution in [2.24, 2.45) is 28.4 Å². The van der Waals surface area contributed by atoms with Crippen molar-refractivity contribution in [3.8, 4) is 0 Å². The van der Waals surface area contributed by atoms with E-state index in [4.69, 9.17) is 5.73 Å². The Morgan fingerprint density at radius 1 is 1.35 bits per heavy atom. The van der Waals surface area contributed by atoms with Crippen LogP contribution in [0, 0.1) is 22.7 Å². The molecule has 0 aliphatic heterocycles. The van der Waals surface area contributed by atoms with Gasteiger partial charge in [-0.15, -0.1) is 0 Å². The van der Waals surface area contributed by atoms with Gasteiger partial charge in [-0.1, -0.05) is 31.6 Å². The number of rotatable bonds is 0. The summed E-state index contributed by atoms with van der Waals surface area (Å²) in [5, 5.41) is 20.6. The van der Waals surface area contributed by atoms with Gasteiger partial charge in [0.25, 0.3) is 0 Å². The summed E-state index contributed by atoms with van der Waals surface area (Å²) in [7, 11) is 0. The fourth-order valence-corrected chi connectivity index (χ4v) is 5.24. The lowest BCUT2D eigenvalue weighted by Gasteiger charge is -2.52. The van der Waals surface area contributed by atoms with E-state index in [1.54, 1.807) is 12.2 Å². The van der Waals surface area contributed by atoms with Gasteiger partial charge in [-0.05, 0) is 48.3 Å². The molecule has 0 amide bonds. The van der Waals surface area contributed by atoms with Crippen LogP contribution in [-0.2, 0) is 0 Å². The highest BCUT2D eigenvalue weighted by atomic mass is 19.1. The molecule has 4 N–H and O–H groups in total. The minimum Gasteiger partial charge on any atom is -0.508 e. The number of hydrogen-bond donors (Lipinski definition) is 3. The summed E-state index contributed by atoms with van der Waals surface area (Å²) >= 11 is 0. The molecule has 1 saturated carbocycles. The highest BCUT2D eigenvalue weighted by Crippen LogP contribution is 2.62. The third kappa shape index (κ3) is 1.82. The summed E-state index contributed by atoms with van der Waals surface area (Å²) in [6.45, 7) is 4.19. The second-order valence-corrected chi connectivity index (χ2v) is 8.03. The van der Waals surface area contributed by atoms with Crippen LogP contribution in [0.25, 0.3) is 0 Å². The molecule has 4 aliphatic carbocycles. The van der Waals surface area contributed by atoms with E-state index in [0.717, 1.165) is 24.0 Å². The van der Waals surface area contributed by atoms with E-state index in [0.29, 0.717) is 6.42 Å². The first-order valence-electron chi connectivity index (χ1n) is 8.41. The lowest BCUT2D eigenvalue weighted by molar-refractivity contribution is 0.108. The number of aliphatic hydroxyl groups is 2. The number of halogens is 1. The van der Waals surface area contributed by atoms with Crippen LogP contribution in [-0.4, -0.2) is 22.4 Å². The molecule has 4 aliphatic rings. The molecule has 3 nitrogen and oxygen atoms in total. The summed E-state index contributed by atoms with van der Waals surface area (Å²) in [4.78, 5) is 0. The zero-order chi connectivity index (χ0) is 16.6. The van der Waals surface area contributed by atoms with Crippen LogP contribution < -0.4 is 5.73 Å². The molecule has 0 heterocycles. The highest BCUT2D eigenvalue weighted by molar-refractivity contribution is 5.47. The third-order valence-electron chi connectivity index (χ3n) is 6.84. The van der Waals surface area contributed by atoms with Crippen molar-refractivity contribution in [3.63, 3.8) is 0 Å². The summed E-state index contributed by atoms with van der Waals surface area (Å²) < 4.78 is 14.2. The van der Waals surface area contributed by atoms with Crippen molar-refractivity contribution >= 4 is 0 Å². The normalized spacial score (nSPS) is 48.4. The second kappa shape index (κ2) is 4.58. The molecule has 0 aromatic heterocycles. The molecule has 0 radical (unpaired) electrons. The van der Waals surface area contributed by atoms with Crippen LogP contribution >= 0.6 is 0 Å². The number of allylic oxidation sites excluding steroid dienone is 4. The van der Waals surface area contributed by atoms with Crippen molar-refractivity contribution in [1.29, 1.82) is 0 Å². The fourth-order valence-electron chi connectivity index (χ4n) is 5.24. The molecule has 0 aromatic rings. The first kappa shape index (κ1) is 15.2. The van der Waals surface area contributed by atoms with Gasteiger partial charge < -0.3 is 15.9 Å². The smallest absolute Gasteiger partial charge is 0.115 e. The average molecular weight is 317 g/mol. The molecule has 124 valence electrons. The molecule has 1 fully saturated rings. The number of aliphatic hydroxyl groups excluding tert-OH is 2. The SMILES string of the molecule is C[C@]12C=CC(O)CC1=CC(O)=C1[C@H]2CC[C@]2(C)C(N)C(F)=C[C@@H]12. The second-order valence-electron chi connectivity index (χ2n) is 8.03. The number of fused-ring (bicyclic) bond motifs is 5. The molecule has 2 unspecified atom stereocenters. The Labute approximate surface area is 136 Å². The fraction of sp³-hybridized carbons (Fsp3) is 0.579. The van der Waals surface area contributed by atoms with Gasteiger partial charge in [0.2, 0.25) is 0 Å².